The molecule has 126 valence electrons. The molecule has 0 saturated heterocycles. The first-order chi connectivity index (χ1) is 11.5. The lowest BCUT2D eigenvalue weighted by Gasteiger charge is -2.04. The van der Waals surface area contributed by atoms with Crippen molar-refractivity contribution in [1.82, 2.24) is 5.48 Å². The zero-order chi connectivity index (χ0) is 17.3. The molecule has 9 heteroatoms. The Labute approximate surface area is 140 Å². The first-order valence-electron chi connectivity index (χ1n) is 7.22. The molecular weight excluding hydrogens is 334 g/mol. The molecule has 3 rings (SSSR count). The third kappa shape index (κ3) is 3.31. The molecule has 8 nitrogen and oxygen atoms in total. The van der Waals surface area contributed by atoms with E-state index >= 15 is 0 Å². The third-order valence-corrected chi connectivity index (χ3v) is 4.66. The summed E-state index contributed by atoms with van der Waals surface area (Å²) in [5, 5.41) is 12.2. The highest BCUT2D eigenvalue weighted by Crippen LogP contribution is 2.39. The summed E-state index contributed by atoms with van der Waals surface area (Å²) in [5.41, 5.74) is 7.19. The van der Waals surface area contributed by atoms with E-state index in [-0.39, 0.29) is 24.0 Å². The largest absolute Gasteiger partial charge is 0.484 e. The molecular formula is C15H15N3O5S. The predicted molar refractivity (Wildman–Crippen MR) is 87.1 cm³/mol. The average Bonchev–Trinajstić information content (AvgIpc) is 3.34. The number of nitrogens with one attached hydrogen (secondary N) is 2. The Kier molecular flexibility index (Phi) is 4.36. The molecule has 1 saturated carbocycles. The number of nitrogens with two attached hydrogens (primary N) is 1. The van der Waals surface area contributed by atoms with Crippen LogP contribution in [0.2, 0.25) is 0 Å². The van der Waals surface area contributed by atoms with Crippen molar-refractivity contribution in [2.45, 2.75) is 12.8 Å². The normalized spacial score (nSPS) is 13.5. The molecule has 1 aromatic carbocycles. The van der Waals surface area contributed by atoms with Gasteiger partial charge >= 0.3 is 0 Å². The summed E-state index contributed by atoms with van der Waals surface area (Å²) in [4.78, 5) is 34.7. The number of fused-ring (bicyclic) bond motifs is 1. The number of amides is 3. The number of carbonyl (C=O) groups excluding carboxylic acids is 3. The van der Waals surface area contributed by atoms with E-state index in [4.69, 9.17) is 15.7 Å². The molecule has 3 amide bonds. The van der Waals surface area contributed by atoms with Crippen LogP contribution in [0.4, 0.5) is 5.00 Å². The van der Waals surface area contributed by atoms with Gasteiger partial charge in [-0.15, -0.1) is 11.3 Å². The smallest absolute Gasteiger partial charge is 0.281 e. The van der Waals surface area contributed by atoms with Gasteiger partial charge in [0.25, 0.3) is 11.8 Å². The van der Waals surface area contributed by atoms with Crippen molar-refractivity contribution in [3.63, 3.8) is 0 Å². The lowest BCUT2D eigenvalue weighted by molar-refractivity contribution is -0.131. The Morgan fingerprint density at radius 3 is 2.71 bits per heavy atom. The van der Waals surface area contributed by atoms with Crippen LogP contribution in [-0.4, -0.2) is 29.5 Å². The summed E-state index contributed by atoms with van der Waals surface area (Å²) in [6, 6.07) is 4.87. The highest BCUT2D eigenvalue weighted by atomic mass is 32.1. The Bertz CT molecular complexity index is 828. The van der Waals surface area contributed by atoms with E-state index in [1.165, 1.54) is 16.8 Å². The first kappa shape index (κ1) is 16.2. The van der Waals surface area contributed by atoms with Crippen molar-refractivity contribution < 1.29 is 24.3 Å². The Morgan fingerprint density at radius 1 is 1.33 bits per heavy atom. The second kappa shape index (κ2) is 6.46. The van der Waals surface area contributed by atoms with Crippen molar-refractivity contribution in [2.75, 3.05) is 11.9 Å². The van der Waals surface area contributed by atoms with Gasteiger partial charge in [-0.3, -0.25) is 19.6 Å². The standard InChI is InChI=1S/C15H15N3O5S/c16-13(20)12-9-4-3-8(23-6-11(19)18-22)5-10(9)24-15(12)17-14(21)7-1-2-7/h3-5,7,22H,1-2,6H2,(H2,16,20)(H,17,21)(H,18,19). The molecule has 5 N–H and O–H groups in total. The fraction of sp³-hybridized carbons (Fsp3) is 0.267. The number of thiophene rings is 1. The van der Waals surface area contributed by atoms with Crippen LogP contribution < -0.4 is 21.3 Å². The average molecular weight is 349 g/mol. The van der Waals surface area contributed by atoms with E-state index in [0.717, 1.165) is 12.8 Å². The summed E-state index contributed by atoms with van der Waals surface area (Å²) in [6.45, 7) is -0.346. The van der Waals surface area contributed by atoms with Crippen LogP contribution >= 0.6 is 11.3 Å². The summed E-state index contributed by atoms with van der Waals surface area (Å²) < 4.78 is 5.93. The third-order valence-electron chi connectivity index (χ3n) is 3.59. The number of hydrogen-bond acceptors (Lipinski definition) is 6. The second-order valence-corrected chi connectivity index (χ2v) is 6.47. The SMILES string of the molecule is NC(=O)c1c(NC(=O)C2CC2)sc2cc(OCC(=O)NO)ccc12. The maximum atomic E-state index is 12.0. The van der Waals surface area contributed by atoms with Gasteiger partial charge in [-0.05, 0) is 31.0 Å². The van der Waals surface area contributed by atoms with E-state index in [1.54, 1.807) is 18.2 Å². The van der Waals surface area contributed by atoms with Crippen molar-refractivity contribution >= 4 is 44.1 Å². The zero-order valence-electron chi connectivity index (χ0n) is 12.5. The summed E-state index contributed by atoms with van der Waals surface area (Å²) >= 11 is 1.22. The van der Waals surface area contributed by atoms with E-state index in [0.29, 0.717) is 20.8 Å². The second-order valence-electron chi connectivity index (χ2n) is 5.42. The number of carbonyl (C=O) groups is 3. The number of hydrogen-bond donors (Lipinski definition) is 4. The zero-order valence-corrected chi connectivity index (χ0v) is 13.3. The highest BCUT2D eigenvalue weighted by Gasteiger charge is 2.31. The number of hydroxylamine groups is 1. The lowest BCUT2D eigenvalue weighted by Crippen LogP contribution is -2.25. The molecule has 0 unspecified atom stereocenters. The van der Waals surface area contributed by atoms with E-state index in [2.05, 4.69) is 5.32 Å². The minimum absolute atomic E-state index is 0.00632. The number of rotatable bonds is 6. The summed E-state index contributed by atoms with van der Waals surface area (Å²) in [5.74, 6) is -1.02. The highest BCUT2D eigenvalue weighted by molar-refractivity contribution is 7.23. The van der Waals surface area contributed by atoms with E-state index in [1.807, 2.05) is 0 Å². The predicted octanol–water partition coefficient (Wildman–Crippen LogP) is 1.23. The van der Waals surface area contributed by atoms with Crippen LogP contribution in [0.1, 0.15) is 23.2 Å². The molecule has 1 aliphatic rings. The molecule has 1 aliphatic carbocycles. The summed E-state index contributed by atoms with van der Waals surface area (Å²) in [7, 11) is 0. The van der Waals surface area contributed by atoms with Crippen LogP contribution in [0.15, 0.2) is 18.2 Å². The van der Waals surface area contributed by atoms with Gasteiger partial charge in [-0.2, -0.15) is 0 Å². The van der Waals surface area contributed by atoms with Crippen LogP contribution in [0.25, 0.3) is 10.1 Å². The first-order valence-corrected chi connectivity index (χ1v) is 8.04. The van der Waals surface area contributed by atoms with Gasteiger partial charge in [0.1, 0.15) is 10.8 Å². The maximum Gasteiger partial charge on any atom is 0.281 e. The van der Waals surface area contributed by atoms with Gasteiger partial charge < -0.3 is 15.8 Å². The van der Waals surface area contributed by atoms with Gasteiger partial charge in [0.2, 0.25) is 5.91 Å². The van der Waals surface area contributed by atoms with Crippen molar-refractivity contribution in [3.8, 4) is 5.75 Å². The minimum Gasteiger partial charge on any atom is -0.484 e. The van der Waals surface area contributed by atoms with Gasteiger partial charge in [0.15, 0.2) is 6.61 Å². The van der Waals surface area contributed by atoms with Crippen LogP contribution in [0.5, 0.6) is 5.75 Å². The molecule has 2 aromatic rings. The quantitative estimate of drug-likeness (QED) is 0.460. The monoisotopic (exact) mass is 349 g/mol. The van der Waals surface area contributed by atoms with Crippen LogP contribution in [0, 0.1) is 5.92 Å². The molecule has 0 atom stereocenters. The van der Waals surface area contributed by atoms with Gasteiger partial charge in [-0.25, -0.2) is 5.48 Å². The fourth-order valence-electron chi connectivity index (χ4n) is 2.24. The Morgan fingerprint density at radius 2 is 2.08 bits per heavy atom. The van der Waals surface area contributed by atoms with Crippen LogP contribution in [0.3, 0.4) is 0 Å². The lowest BCUT2D eigenvalue weighted by atomic mass is 10.1. The van der Waals surface area contributed by atoms with Crippen molar-refractivity contribution in [3.05, 3.63) is 23.8 Å². The van der Waals surface area contributed by atoms with E-state index < -0.39 is 11.8 Å². The number of anilines is 1. The van der Waals surface area contributed by atoms with E-state index in [9.17, 15) is 14.4 Å². The Hall–Kier alpha value is -2.65. The molecule has 1 aromatic heterocycles. The number of primary amides is 1. The molecule has 24 heavy (non-hydrogen) atoms. The molecule has 0 spiro atoms. The molecule has 0 radical (unpaired) electrons. The minimum atomic E-state index is -0.684. The topological polar surface area (TPSA) is 131 Å². The summed E-state index contributed by atoms with van der Waals surface area (Å²) in [6.07, 6.45) is 1.71. The number of ether oxygens (including phenoxy) is 1. The molecule has 0 aliphatic heterocycles. The maximum absolute atomic E-state index is 12.0. The van der Waals surface area contributed by atoms with Crippen molar-refractivity contribution in [2.24, 2.45) is 11.7 Å². The number of benzene rings is 1. The molecule has 1 fully saturated rings. The fourth-order valence-corrected chi connectivity index (χ4v) is 3.38. The molecule has 0 bridgehead atoms. The Balaban J connectivity index is 1.90. The van der Waals surface area contributed by atoms with Crippen LogP contribution in [-0.2, 0) is 9.59 Å². The van der Waals surface area contributed by atoms with Gasteiger partial charge in [-0.1, -0.05) is 0 Å². The molecule has 1 heterocycles. The van der Waals surface area contributed by atoms with Crippen molar-refractivity contribution in [1.29, 1.82) is 0 Å². The van der Waals surface area contributed by atoms with Gasteiger partial charge in [0.05, 0.1) is 5.56 Å². The van der Waals surface area contributed by atoms with Gasteiger partial charge in [0, 0.05) is 16.0 Å².